The Bertz CT molecular complexity index is 462. The molecular formula is C10H11ClN2O4. The Labute approximate surface area is 103 Å². The molecule has 0 aromatic heterocycles. The first-order valence-electron chi connectivity index (χ1n) is 4.52. The van der Waals surface area contributed by atoms with E-state index in [2.05, 4.69) is 5.32 Å². The van der Waals surface area contributed by atoms with Gasteiger partial charge in [0.2, 0.25) is 0 Å². The molecule has 1 aromatic rings. The van der Waals surface area contributed by atoms with Gasteiger partial charge in [-0.15, -0.1) is 0 Å². The molecule has 2 amide bonds. The van der Waals surface area contributed by atoms with Crippen LogP contribution in [0.1, 0.15) is 0 Å². The zero-order chi connectivity index (χ0) is 13.0. The van der Waals surface area contributed by atoms with Gasteiger partial charge in [0, 0.05) is 12.1 Å². The van der Waals surface area contributed by atoms with Crippen molar-refractivity contribution in [1.82, 2.24) is 0 Å². The lowest BCUT2D eigenvalue weighted by atomic mass is 10.2. The molecule has 3 N–H and O–H groups in total. The number of halogens is 1. The smallest absolute Gasteiger partial charge is 0.313 e. The number of hydrogen-bond donors (Lipinski definition) is 2. The summed E-state index contributed by atoms with van der Waals surface area (Å²) < 4.78 is 9.97. The fourth-order valence-corrected chi connectivity index (χ4v) is 1.37. The highest BCUT2D eigenvalue weighted by atomic mass is 35.5. The number of benzene rings is 1. The number of carbonyl (C=O) groups is 2. The van der Waals surface area contributed by atoms with E-state index in [1.54, 1.807) is 0 Å². The van der Waals surface area contributed by atoms with Crippen molar-refractivity contribution in [3.8, 4) is 11.5 Å². The van der Waals surface area contributed by atoms with Gasteiger partial charge in [-0.05, 0) is 0 Å². The maximum Gasteiger partial charge on any atom is 0.313 e. The van der Waals surface area contributed by atoms with Gasteiger partial charge in [-0.3, -0.25) is 9.59 Å². The van der Waals surface area contributed by atoms with Crippen molar-refractivity contribution in [2.75, 3.05) is 19.5 Å². The first-order chi connectivity index (χ1) is 7.99. The van der Waals surface area contributed by atoms with Crippen molar-refractivity contribution in [3.63, 3.8) is 0 Å². The van der Waals surface area contributed by atoms with E-state index in [0.29, 0.717) is 16.5 Å². The number of amides is 2. The van der Waals surface area contributed by atoms with Crippen LogP contribution in [0.3, 0.4) is 0 Å². The number of hydrogen-bond acceptors (Lipinski definition) is 4. The number of nitrogens with two attached hydrogens (primary N) is 1. The summed E-state index contributed by atoms with van der Waals surface area (Å²) in [6, 6.07) is 2.89. The lowest BCUT2D eigenvalue weighted by molar-refractivity contribution is -0.134. The highest BCUT2D eigenvalue weighted by molar-refractivity contribution is 6.39. The van der Waals surface area contributed by atoms with Crippen LogP contribution in [0.2, 0.25) is 5.02 Å². The average molecular weight is 259 g/mol. The largest absolute Gasteiger partial charge is 0.495 e. The van der Waals surface area contributed by atoms with Crippen LogP contribution in [0.15, 0.2) is 12.1 Å². The predicted molar refractivity (Wildman–Crippen MR) is 62.4 cm³/mol. The summed E-state index contributed by atoms with van der Waals surface area (Å²) in [5.74, 6) is -1.41. The minimum atomic E-state index is -1.10. The molecule has 0 fully saturated rings. The van der Waals surface area contributed by atoms with Crippen molar-refractivity contribution >= 4 is 29.1 Å². The molecule has 0 aliphatic heterocycles. The van der Waals surface area contributed by atoms with E-state index in [1.165, 1.54) is 26.4 Å². The van der Waals surface area contributed by atoms with Crippen molar-refractivity contribution in [1.29, 1.82) is 0 Å². The molecule has 1 rings (SSSR count). The molecule has 0 heterocycles. The third-order valence-corrected chi connectivity index (χ3v) is 2.24. The third-order valence-electron chi connectivity index (χ3n) is 1.95. The van der Waals surface area contributed by atoms with Gasteiger partial charge in [-0.2, -0.15) is 0 Å². The van der Waals surface area contributed by atoms with Gasteiger partial charge in [0.15, 0.2) is 0 Å². The zero-order valence-electron chi connectivity index (χ0n) is 9.24. The first kappa shape index (κ1) is 13.1. The summed E-state index contributed by atoms with van der Waals surface area (Å²) in [5.41, 5.74) is 5.07. The topological polar surface area (TPSA) is 90.6 Å². The standard InChI is InChI=1S/C10H11ClN2O4/c1-16-7-4-6(13-10(15)9(12)14)8(17-2)3-5(7)11/h3-4H,1-2H3,(H2,12,14)(H,13,15). The van der Waals surface area contributed by atoms with Crippen LogP contribution in [0.25, 0.3) is 0 Å². The summed E-state index contributed by atoms with van der Waals surface area (Å²) >= 11 is 5.87. The van der Waals surface area contributed by atoms with Crippen molar-refractivity contribution in [3.05, 3.63) is 17.2 Å². The number of rotatable bonds is 3. The van der Waals surface area contributed by atoms with E-state index in [9.17, 15) is 9.59 Å². The molecule has 0 unspecified atom stereocenters. The molecule has 1 aromatic carbocycles. The highest BCUT2D eigenvalue weighted by Gasteiger charge is 2.15. The summed E-state index contributed by atoms with van der Waals surface area (Å²) in [6.07, 6.45) is 0. The van der Waals surface area contributed by atoms with Gasteiger partial charge < -0.3 is 20.5 Å². The van der Waals surface area contributed by atoms with Crippen molar-refractivity contribution < 1.29 is 19.1 Å². The maximum atomic E-state index is 11.1. The molecule has 92 valence electrons. The van der Waals surface area contributed by atoms with E-state index in [1.807, 2.05) is 0 Å². The molecule has 0 saturated carbocycles. The number of methoxy groups -OCH3 is 2. The highest BCUT2D eigenvalue weighted by Crippen LogP contribution is 2.35. The summed E-state index contributed by atoms with van der Waals surface area (Å²) in [6.45, 7) is 0. The molecule has 7 heteroatoms. The normalized spacial score (nSPS) is 9.59. The molecule has 0 bridgehead atoms. The van der Waals surface area contributed by atoms with Crippen molar-refractivity contribution in [2.45, 2.75) is 0 Å². The Morgan fingerprint density at radius 2 is 1.82 bits per heavy atom. The molecule has 0 radical (unpaired) electrons. The number of carbonyl (C=O) groups excluding carboxylic acids is 2. The first-order valence-corrected chi connectivity index (χ1v) is 4.89. The van der Waals surface area contributed by atoms with Gasteiger partial charge in [-0.1, -0.05) is 11.6 Å². The van der Waals surface area contributed by atoms with Gasteiger partial charge in [0.25, 0.3) is 0 Å². The van der Waals surface area contributed by atoms with Crippen LogP contribution in [-0.2, 0) is 9.59 Å². The predicted octanol–water partition coefficient (Wildman–Crippen LogP) is 0.781. The lowest BCUT2D eigenvalue weighted by Gasteiger charge is -2.12. The lowest BCUT2D eigenvalue weighted by Crippen LogP contribution is -2.29. The average Bonchev–Trinajstić information content (AvgIpc) is 2.30. The molecule has 0 aliphatic carbocycles. The van der Waals surface area contributed by atoms with Gasteiger partial charge >= 0.3 is 11.8 Å². The maximum absolute atomic E-state index is 11.1. The number of primary amides is 1. The fraction of sp³-hybridized carbons (Fsp3) is 0.200. The van der Waals surface area contributed by atoms with Crippen molar-refractivity contribution in [2.24, 2.45) is 5.73 Å². The van der Waals surface area contributed by atoms with Crippen LogP contribution in [0.5, 0.6) is 11.5 Å². The van der Waals surface area contributed by atoms with E-state index >= 15 is 0 Å². The van der Waals surface area contributed by atoms with Gasteiger partial charge in [-0.25, -0.2) is 0 Å². The van der Waals surface area contributed by atoms with Gasteiger partial charge in [0.1, 0.15) is 11.5 Å². The van der Waals surface area contributed by atoms with E-state index in [-0.39, 0.29) is 5.69 Å². The summed E-state index contributed by atoms with van der Waals surface area (Å²) in [4.78, 5) is 21.8. The van der Waals surface area contributed by atoms with Gasteiger partial charge in [0.05, 0.1) is 24.9 Å². The molecule has 0 spiro atoms. The van der Waals surface area contributed by atoms with Crippen LogP contribution in [0.4, 0.5) is 5.69 Å². The molecule has 0 atom stereocenters. The quantitative estimate of drug-likeness (QED) is 0.784. The second-order valence-corrected chi connectivity index (χ2v) is 3.41. The van der Waals surface area contributed by atoms with E-state index in [0.717, 1.165) is 0 Å². The Morgan fingerprint density at radius 1 is 1.24 bits per heavy atom. The van der Waals surface area contributed by atoms with Crippen LogP contribution >= 0.6 is 11.6 Å². The summed E-state index contributed by atoms with van der Waals surface area (Å²) in [5, 5.41) is 2.61. The second-order valence-electron chi connectivity index (χ2n) is 3.01. The minimum absolute atomic E-state index is 0.248. The fourth-order valence-electron chi connectivity index (χ4n) is 1.14. The Balaban J connectivity index is 3.12. The number of ether oxygens (including phenoxy) is 2. The van der Waals surface area contributed by atoms with Crippen LogP contribution < -0.4 is 20.5 Å². The Kier molecular flexibility index (Phi) is 4.17. The monoisotopic (exact) mass is 258 g/mol. The number of nitrogens with one attached hydrogen (secondary N) is 1. The Morgan fingerprint density at radius 3 is 2.29 bits per heavy atom. The number of anilines is 1. The molecule has 0 aliphatic rings. The molecule has 0 saturated heterocycles. The van der Waals surface area contributed by atoms with E-state index in [4.69, 9.17) is 26.8 Å². The molecule has 17 heavy (non-hydrogen) atoms. The van der Waals surface area contributed by atoms with Crippen LogP contribution in [-0.4, -0.2) is 26.0 Å². The summed E-state index contributed by atoms with van der Waals surface area (Å²) in [7, 11) is 2.82. The molecular weight excluding hydrogens is 248 g/mol. The third kappa shape index (κ3) is 3.01. The Hall–Kier alpha value is -1.95. The zero-order valence-corrected chi connectivity index (χ0v) is 10.00. The SMILES string of the molecule is COc1cc(NC(=O)C(N)=O)c(OC)cc1Cl. The second kappa shape index (κ2) is 5.40. The van der Waals surface area contributed by atoms with E-state index < -0.39 is 11.8 Å². The minimum Gasteiger partial charge on any atom is -0.495 e. The molecule has 6 nitrogen and oxygen atoms in total. The van der Waals surface area contributed by atoms with Crippen LogP contribution in [0, 0.1) is 0 Å².